The number of para-hydroxylation sites is 2. The van der Waals surface area contributed by atoms with E-state index in [2.05, 4.69) is 19.9 Å². The Morgan fingerprint density at radius 3 is 2.38 bits per heavy atom. The van der Waals surface area contributed by atoms with Gasteiger partial charge < -0.3 is 4.90 Å². The molecule has 2 aromatic heterocycles. The first-order valence-corrected chi connectivity index (χ1v) is 7.72. The van der Waals surface area contributed by atoms with Gasteiger partial charge >= 0.3 is 0 Å². The van der Waals surface area contributed by atoms with Crippen LogP contribution in [0, 0.1) is 6.92 Å². The molecule has 1 aliphatic heterocycles. The second-order valence-corrected chi connectivity index (χ2v) is 5.78. The summed E-state index contributed by atoms with van der Waals surface area (Å²) in [5.74, 6) is 1.06. The first-order chi connectivity index (χ1) is 11.6. The third-order valence-electron chi connectivity index (χ3n) is 4.06. The summed E-state index contributed by atoms with van der Waals surface area (Å²) >= 11 is 0. The van der Waals surface area contributed by atoms with E-state index >= 15 is 0 Å². The monoisotopic (exact) mass is 320 g/mol. The predicted molar refractivity (Wildman–Crippen MR) is 91.3 cm³/mol. The Morgan fingerprint density at radius 1 is 1.00 bits per heavy atom. The molecule has 0 bridgehead atoms. The quantitative estimate of drug-likeness (QED) is 0.681. The Hall–Kier alpha value is -3.09. The van der Waals surface area contributed by atoms with Crippen molar-refractivity contribution in [2.45, 2.75) is 6.92 Å². The van der Waals surface area contributed by atoms with Crippen LogP contribution in [0.3, 0.4) is 0 Å². The standard InChI is InChI=1S/C17H16N6O/c1-11-9-19-14(10-18-11)17(24)23-8-7-22(2)15-16(23)21-13-6-4-3-5-12(13)20-15/h3-6,9-10H,7-8H2,1-2H3. The van der Waals surface area contributed by atoms with Gasteiger partial charge in [0.05, 0.1) is 22.9 Å². The van der Waals surface area contributed by atoms with Gasteiger partial charge in [0.25, 0.3) is 5.91 Å². The Morgan fingerprint density at radius 2 is 1.71 bits per heavy atom. The molecule has 7 heteroatoms. The van der Waals surface area contributed by atoms with Crippen LogP contribution in [-0.2, 0) is 0 Å². The molecule has 0 unspecified atom stereocenters. The lowest BCUT2D eigenvalue weighted by Crippen LogP contribution is -2.44. The molecular weight excluding hydrogens is 304 g/mol. The highest BCUT2D eigenvalue weighted by molar-refractivity contribution is 6.06. The van der Waals surface area contributed by atoms with Crippen molar-refractivity contribution in [2.24, 2.45) is 0 Å². The summed E-state index contributed by atoms with van der Waals surface area (Å²) in [6.45, 7) is 3.06. The van der Waals surface area contributed by atoms with E-state index in [9.17, 15) is 4.79 Å². The van der Waals surface area contributed by atoms with Gasteiger partial charge in [0, 0.05) is 26.3 Å². The summed E-state index contributed by atoms with van der Waals surface area (Å²) in [7, 11) is 1.95. The number of aryl methyl sites for hydroxylation is 1. The van der Waals surface area contributed by atoms with Crippen LogP contribution in [0.25, 0.3) is 11.0 Å². The number of carbonyl (C=O) groups excluding carboxylic acids is 1. The van der Waals surface area contributed by atoms with Crippen LogP contribution in [0.5, 0.6) is 0 Å². The van der Waals surface area contributed by atoms with Crippen molar-refractivity contribution in [1.82, 2.24) is 19.9 Å². The van der Waals surface area contributed by atoms with Gasteiger partial charge in [0.15, 0.2) is 11.6 Å². The van der Waals surface area contributed by atoms with Crippen molar-refractivity contribution >= 4 is 28.6 Å². The summed E-state index contributed by atoms with van der Waals surface area (Å²) in [5, 5.41) is 0. The third-order valence-corrected chi connectivity index (χ3v) is 4.06. The average molecular weight is 320 g/mol. The molecule has 0 saturated heterocycles. The smallest absolute Gasteiger partial charge is 0.279 e. The first-order valence-electron chi connectivity index (χ1n) is 7.72. The van der Waals surface area contributed by atoms with Crippen molar-refractivity contribution in [1.29, 1.82) is 0 Å². The van der Waals surface area contributed by atoms with E-state index in [4.69, 9.17) is 0 Å². The number of hydrogen-bond donors (Lipinski definition) is 0. The number of fused-ring (bicyclic) bond motifs is 2. The highest BCUT2D eigenvalue weighted by Gasteiger charge is 2.29. The number of aromatic nitrogens is 4. The lowest BCUT2D eigenvalue weighted by Gasteiger charge is -2.33. The number of nitrogens with zero attached hydrogens (tertiary/aromatic N) is 6. The van der Waals surface area contributed by atoms with Crippen LogP contribution < -0.4 is 9.80 Å². The zero-order chi connectivity index (χ0) is 16.7. The number of amides is 1. The van der Waals surface area contributed by atoms with E-state index in [1.807, 2.05) is 43.1 Å². The zero-order valence-electron chi connectivity index (χ0n) is 13.5. The van der Waals surface area contributed by atoms with Crippen molar-refractivity contribution in [3.8, 4) is 0 Å². The minimum atomic E-state index is -0.207. The number of rotatable bonds is 1. The molecule has 0 spiro atoms. The summed E-state index contributed by atoms with van der Waals surface area (Å²) in [5.41, 5.74) is 2.66. The number of anilines is 2. The third kappa shape index (κ3) is 2.34. The number of carbonyl (C=O) groups is 1. The van der Waals surface area contributed by atoms with E-state index in [0.717, 1.165) is 16.7 Å². The van der Waals surface area contributed by atoms with E-state index < -0.39 is 0 Å². The van der Waals surface area contributed by atoms with Crippen LogP contribution in [0.15, 0.2) is 36.7 Å². The molecule has 0 N–H and O–H groups in total. The van der Waals surface area contributed by atoms with Gasteiger partial charge in [-0.2, -0.15) is 0 Å². The second-order valence-electron chi connectivity index (χ2n) is 5.78. The molecule has 0 aliphatic carbocycles. The van der Waals surface area contributed by atoms with E-state index in [-0.39, 0.29) is 5.91 Å². The van der Waals surface area contributed by atoms with Gasteiger partial charge in [-0.15, -0.1) is 0 Å². The highest BCUT2D eigenvalue weighted by Crippen LogP contribution is 2.31. The second kappa shape index (κ2) is 5.52. The Bertz CT molecular complexity index is 924. The molecule has 1 aromatic carbocycles. The molecule has 3 heterocycles. The first kappa shape index (κ1) is 14.5. The molecule has 0 fully saturated rings. The molecule has 120 valence electrons. The van der Waals surface area contributed by atoms with Gasteiger partial charge in [-0.1, -0.05) is 12.1 Å². The lowest BCUT2D eigenvalue weighted by molar-refractivity contribution is 0.0980. The van der Waals surface area contributed by atoms with Crippen LogP contribution in [0.4, 0.5) is 11.6 Å². The van der Waals surface area contributed by atoms with Crippen molar-refractivity contribution in [2.75, 3.05) is 29.9 Å². The van der Waals surface area contributed by atoms with Crippen LogP contribution in [0.2, 0.25) is 0 Å². The van der Waals surface area contributed by atoms with Gasteiger partial charge in [0.1, 0.15) is 5.69 Å². The Kier molecular flexibility index (Phi) is 3.34. The molecule has 0 atom stereocenters. The average Bonchev–Trinajstić information content (AvgIpc) is 2.61. The highest BCUT2D eigenvalue weighted by atomic mass is 16.2. The SMILES string of the molecule is Cc1cnc(C(=O)N2CCN(C)c3nc4ccccc4nc32)cn1. The molecule has 1 amide bonds. The molecule has 0 saturated carbocycles. The molecule has 1 aliphatic rings. The predicted octanol–water partition coefficient (Wildman–Crippen LogP) is 1.82. The summed E-state index contributed by atoms with van der Waals surface area (Å²) in [6, 6.07) is 7.65. The zero-order valence-corrected chi connectivity index (χ0v) is 13.5. The van der Waals surface area contributed by atoms with E-state index in [1.54, 1.807) is 11.1 Å². The Labute approximate surface area is 139 Å². The molecule has 3 aromatic rings. The van der Waals surface area contributed by atoms with Crippen LogP contribution in [-0.4, -0.2) is 46.0 Å². The van der Waals surface area contributed by atoms with Crippen molar-refractivity contribution in [3.05, 3.63) is 48.0 Å². The number of benzene rings is 1. The molecule has 4 rings (SSSR count). The maximum atomic E-state index is 12.9. The minimum Gasteiger partial charge on any atom is -0.355 e. The van der Waals surface area contributed by atoms with Gasteiger partial charge in [-0.25, -0.2) is 15.0 Å². The van der Waals surface area contributed by atoms with Crippen LogP contribution in [0.1, 0.15) is 16.2 Å². The fourth-order valence-electron chi connectivity index (χ4n) is 2.72. The van der Waals surface area contributed by atoms with Crippen molar-refractivity contribution in [3.63, 3.8) is 0 Å². The lowest BCUT2D eigenvalue weighted by atomic mass is 10.2. The normalized spacial score (nSPS) is 13.9. The molecule has 24 heavy (non-hydrogen) atoms. The largest absolute Gasteiger partial charge is 0.355 e. The Balaban J connectivity index is 1.81. The van der Waals surface area contributed by atoms with Gasteiger partial charge in [-0.3, -0.25) is 14.7 Å². The summed E-state index contributed by atoms with van der Waals surface area (Å²) in [4.78, 5) is 34.2. The van der Waals surface area contributed by atoms with Gasteiger partial charge in [-0.05, 0) is 19.1 Å². The minimum absolute atomic E-state index is 0.207. The van der Waals surface area contributed by atoms with E-state index in [0.29, 0.717) is 30.4 Å². The summed E-state index contributed by atoms with van der Waals surface area (Å²) in [6.07, 6.45) is 3.10. The van der Waals surface area contributed by atoms with Gasteiger partial charge in [0.2, 0.25) is 0 Å². The maximum absolute atomic E-state index is 12.9. The fraction of sp³-hybridized carbons (Fsp3) is 0.235. The number of hydrogen-bond acceptors (Lipinski definition) is 6. The fourth-order valence-corrected chi connectivity index (χ4v) is 2.72. The van der Waals surface area contributed by atoms with Crippen molar-refractivity contribution < 1.29 is 4.79 Å². The topological polar surface area (TPSA) is 75.1 Å². The van der Waals surface area contributed by atoms with Crippen LogP contribution >= 0.6 is 0 Å². The maximum Gasteiger partial charge on any atom is 0.279 e. The molecule has 0 radical (unpaired) electrons. The molecular formula is C17H16N6O. The number of likely N-dealkylation sites (N-methyl/N-ethyl adjacent to an activating group) is 1. The molecule has 7 nitrogen and oxygen atoms in total. The summed E-state index contributed by atoms with van der Waals surface area (Å²) < 4.78 is 0. The van der Waals surface area contributed by atoms with E-state index in [1.165, 1.54) is 6.20 Å².